The van der Waals surface area contributed by atoms with E-state index in [0.29, 0.717) is 30.7 Å². The molecule has 2 aromatic carbocycles. The van der Waals surface area contributed by atoms with E-state index in [0.717, 1.165) is 0 Å². The zero-order valence-electron chi connectivity index (χ0n) is 23.6. The third-order valence-corrected chi connectivity index (χ3v) is 12.6. The van der Waals surface area contributed by atoms with Crippen LogP contribution in [0.15, 0.2) is 58.4 Å². The molecule has 1 atom stereocenters. The number of carbonyl (C=O) groups excluding carboxylic acids is 1. The smallest absolute Gasteiger partial charge is 0.360 e. The summed E-state index contributed by atoms with van der Waals surface area (Å²) in [5.41, 5.74) is -4.00. The number of aliphatic imine (C=N–C) groups is 1. The number of nitrogens with one attached hydrogen (secondary N) is 2. The summed E-state index contributed by atoms with van der Waals surface area (Å²) in [4.78, 5) is 18.3. The molecule has 0 spiro atoms. The van der Waals surface area contributed by atoms with Gasteiger partial charge in [-0.2, -0.15) is 17.5 Å². The molecule has 7 nitrogen and oxygen atoms in total. The number of benzene rings is 2. The van der Waals surface area contributed by atoms with Crippen LogP contribution in [0, 0.1) is 16.6 Å². The van der Waals surface area contributed by atoms with Crippen molar-refractivity contribution in [1.82, 2.24) is 14.9 Å². The number of amidine groups is 1. The van der Waals surface area contributed by atoms with E-state index in [2.05, 4.69) is 10.6 Å². The van der Waals surface area contributed by atoms with E-state index in [-0.39, 0.29) is 41.6 Å². The molecule has 43 heavy (non-hydrogen) atoms. The highest BCUT2D eigenvalue weighted by atomic mass is 35.5. The summed E-state index contributed by atoms with van der Waals surface area (Å²) in [5.74, 6) is -0.383. The first kappa shape index (κ1) is 29.0. The predicted molar refractivity (Wildman–Crippen MR) is 151 cm³/mol. The number of sulfonamides is 1. The largest absolute Gasteiger partial charge is 0.394 e. The van der Waals surface area contributed by atoms with Crippen molar-refractivity contribution in [3.63, 3.8) is 0 Å². The van der Waals surface area contributed by atoms with Crippen LogP contribution in [-0.2, 0) is 21.4 Å². The molecule has 2 N–H and O–H groups in total. The van der Waals surface area contributed by atoms with E-state index in [9.17, 15) is 30.8 Å². The van der Waals surface area contributed by atoms with Crippen LogP contribution in [0.2, 0.25) is 5.02 Å². The minimum Gasteiger partial charge on any atom is -0.360 e. The number of hydrogen-bond acceptors (Lipinski definition) is 5. The minimum atomic E-state index is -4.26. The molecule has 6 aliphatic carbocycles. The van der Waals surface area contributed by atoms with Crippen LogP contribution >= 0.6 is 11.6 Å². The highest BCUT2D eigenvalue weighted by molar-refractivity contribution is 7.89. The van der Waals surface area contributed by atoms with Gasteiger partial charge in [0.2, 0.25) is 15.9 Å². The first-order chi connectivity index (χ1) is 19.9. The van der Waals surface area contributed by atoms with Crippen molar-refractivity contribution in [2.24, 2.45) is 15.8 Å². The van der Waals surface area contributed by atoms with Crippen LogP contribution in [0.1, 0.15) is 57.9 Å². The Hall–Kier alpha value is -2.70. The fraction of sp³-hybridized carbons (Fsp3) is 0.533. The monoisotopic (exact) mass is 638 g/mol. The summed E-state index contributed by atoms with van der Waals surface area (Å²) in [5, 5.41) is 6.08. The molecular formula is C30H31ClF4N4O3S. The summed E-state index contributed by atoms with van der Waals surface area (Å²) < 4.78 is 83.4. The highest BCUT2D eigenvalue weighted by Gasteiger charge is 2.79. The summed E-state index contributed by atoms with van der Waals surface area (Å²) in [6.45, 7) is 3.57. The lowest BCUT2D eigenvalue weighted by atomic mass is 9.38. The van der Waals surface area contributed by atoms with Gasteiger partial charge in [-0.1, -0.05) is 35.9 Å². The fourth-order valence-corrected chi connectivity index (χ4v) is 10.1. The van der Waals surface area contributed by atoms with Gasteiger partial charge in [-0.3, -0.25) is 9.79 Å². The Labute approximate surface area is 252 Å². The standard InChI is InChI=1S/C30H31ClF4N4O3S/c1-25(2)22(23(40)37-28-15-27(16-28,17-28)30(33,34)35)36-24(38-25)26-12-29(13-26,14-26)39(11-18-8-9-20(31)21(32)10-18)43(41,42)19-6-4-3-5-7-19/h3-10,22H,11-17H2,1-2H3,(H,36,38)(H,37,40)/t22-,26?,27?,28?,29?/m0/s1. The fourth-order valence-electron chi connectivity index (χ4n) is 8.19. The van der Waals surface area contributed by atoms with Gasteiger partial charge in [0.05, 0.1) is 20.9 Å². The zero-order chi connectivity index (χ0) is 30.8. The lowest BCUT2D eigenvalue weighted by Gasteiger charge is -2.72. The van der Waals surface area contributed by atoms with Gasteiger partial charge < -0.3 is 10.6 Å². The third kappa shape index (κ3) is 4.11. The van der Waals surface area contributed by atoms with Crippen LogP contribution in [0.3, 0.4) is 0 Å². The molecule has 0 saturated heterocycles. The summed E-state index contributed by atoms with van der Waals surface area (Å²) in [7, 11) is -3.95. The molecule has 0 radical (unpaired) electrons. The molecule has 9 rings (SSSR count). The van der Waals surface area contributed by atoms with Gasteiger partial charge in [0.15, 0.2) is 0 Å². The van der Waals surface area contributed by atoms with Gasteiger partial charge >= 0.3 is 6.18 Å². The van der Waals surface area contributed by atoms with Gasteiger partial charge in [-0.25, -0.2) is 12.8 Å². The molecule has 4 bridgehead atoms. The van der Waals surface area contributed by atoms with Crippen LogP contribution in [0.25, 0.3) is 0 Å². The van der Waals surface area contributed by atoms with Gasteiger partial charge in [-0.05, 0) is 82.2 Å². The number of rotatable bonds is 8. The molecule has 7 aliphatic rings. The van der Waals surface area contributed by atoms with Gasteiger partial charge in [0.25, 0.3) is 0 Å². The maximum absolute atomic E-state index is 14.3. The second kappa shape index (κ2) is 8.72. The normalized spacial score (nSPS) is 35.1. The van der Waals surface area contributed by atoms with Crippen molar-refractivity contribution < 1.29 is 30.8 Å². The SMILES string of the molecule is CC1(C)N=C(C23CC(N(Cc4ccc(Cl)c(F)c4)S(=O)(=O)c4ccccc4)(C2)C3)N[C@H]1C(=O)NC12CC(C(F)(F)F)(C1)C2. The predicted octanol–water partition coefficient (Wildman–Crippen LogP) is 5.34. The second-order valence-corrected chi connectivity index (χ2v) is 16.1. The summed E-state index contributed by atoms with van der Waals surface area (Å²) >= 11 is 5.86. The van der Waals surface area contributed by atoms with Gasteiger partial charge in [0.1, 0.15) is 17.7 Å². The van der Waals surface area contributed by atoms with Crippen LogP contribution in [-0.4, -0.2) is 53.3 Å². The van der Waals surface area contributed by atoms with Gasteiger partial charge in [-0.15, -0.1) is 0 Å². The van der Waals surface area contributed by atoms with Crippen molar-refractivity contribution in [1.29, 1.82) is 0 Å². The Balaban J connectivity index is 1.08. The molecule has 2 aromatic rings. The number of amides is 1. The molecule has 6 fully saturated rings. The van der Waals surface area contributed by atoms with E-state index in [1.807, 2.05) is 0 Å². The first-order valence-electron chi connectivity index (χ1n) is 14.2. The summed E-state index contributed by atoms with van der Waals surface area (Å²) in [6, 6.07) is 11.6. The molecule has 0 aromatic heterocycles. The Kier molecular flexibility index (Phi) is 5.89. The van der Waals surface area contributed by atoms with Gasteiger partial charge in [0, 0.05) is 23.0 Å². The average molecular weight is 639 g/mol. The quantitative estimate of drug-likeness (QED) is 0.382. The van der Waals surface area contributed by atoms with Crippen molar-refractivity contribution in [2.75, 3.05) is 0 Å². The Morgan fingerprint density at radius 3 is 2.28 bits per heavy atom. The van der Waals surface area contributed by atoms with E-state index < -0.39 is 55.5 Å². The lowest BCUT2D eigenvalue weighted by Crippen LogP contribution is -2.80. The number of hydrogen-bond donors (Lipinski definition) is 2. The first-order valence-corrected chi connectivity index (χ1v) is 16.0. The Morgan fingerprint density at radius 2 is 1.70 bits per heavy atom. The van der Waals surface area contributed by atoms with Crippen molar-refractivity contribution >= 4 is 33.4 Å². The molecule has 1 amide bonds. The number of halogens is 5. The maximum atomic E-state index is 14.3. The molecule has 0 unspecified atom stereocenters. The molecule has 6 saturated carbocycles. The average Bonchev–Trinajstić information content (AvgIpc) is 3.14. The Morgan fingerprint density at radius 1 is 1.07 bits per heavy atom. The van der Waals surface area contributed by atoms with Crippen LogP contribution in [0.4, 0.5) is 17.6 Å². The third-order valence-electron chi connectivity index (χ3n) is 10.3. The number of carbonyl (C=O) groups is 1. The van der Waals surface area contributed by atoms with Crippen molar-refractivity contribution in [3.05, 3.63) is 64.9 Å². The molecule has 1 heterocycles. The topological polar surface area (TPSA) is 90.9 Å². The second-order valence-electron chi connectivity index (χ2n) is 13.9. The number of nitrogens with zero attached hydrogens (tertiary/aromatic N) is 2. The Bertz CT molecular complexity index is 1640. The van der Waals surface area contributed by atoms with E-state index in [1.54, 1.807) is 38.1 Å². The van der Waals surface area contributed by atoms with Crippen LogP contribution in [0.5, 0.6) is 0 Å². The zero-order valence-corrected chi connectivity index (χ0v) is 25.1. The maximum Gasteiger partial charge on any atom is 0.394 e. The highest BCUT2D eigenvalue weighted by Crippen LogP contribution is 2.74. The molecular weight excluding hydrogens is 608 g/mol. The lowest BCUT2D eigenvalue weighted by molar-refractivity contribution is -0.337. The van der Waals surface area contributed by atoms with Crippen LogP contribution < -0.4 is 10.6 Å². The van der Waals surface area contributed by atoms with E-state index in [4.69, 9.17) is 16.6 Å². The number of alkyl halides is 3. The van der Waals surface area contributed by atoms with Crippen molar-refractivity contribution in [2.45, 2.75) is 92.6 Å². The molecule has 13 heteroatoms. The molecule has 1 aliphatic heterocycles. The minimum absolute atomic E-state index is 0.0423. The van der Waals surface area contributed by atoms with E-state index >= 15 is 0 Å². The van der Waals surface area contributed by atoms with E-state index in [1.165, 1.54) is 28.6 Å². The van der Waals surface area contributed by atoms with Crippen molar-refractivity contribution in [3.8, 4) is 0 Å². The molecule has 230 valence electrons. The summed E-state index contributed by atoms with van der Waals surface area (Å²) in [6.07, 6.45) is -3.13.